The van der Waals surface area contributed by atoms with Crippen molar-refractivity contribution in [3.05, 3.63) is 29.3 Å². The molecule has 1 unspecified atom stereocenters. The Balaban J connectivity index is 0.000000426. The molecule has 2 aromatic heterocycles. The molecule has 1 aliphatic heterocycles. The van der Waals surface area contributed by atoms with E-state index in [1.807, 2.05) is 17.1 Å². The normalized spacial score (nSPS) is 16.2. The van der Waals surface area contributed by atoms with Crippen LogP contribution < -0.4 is 5.73 Å². The Morgan fingerprint density at radius 2 is 1.71 bits per heavy atom. The van der Waals surface area contributed by atoms with Crippen LogP contribution in [0.15, 0.2) is 12.4 Å². The average Bonchev–Trinajstić information content (AvgIpc) is 3.41. The Labute approximate surface area is 214 Å². The third-order valence-corrected chi connectivity index (χ3v) is 5.36. The number of rotatable bonds is 7. The minimum absolute atomic E-state index is 0.456. The van der Waals surface area contributed by atoms with Crippen LogP contribution in [0.5, 0.6) is 0 Å². The molecule has 3 rings (SSSR count). The second-order valence-corrected chi connectivity index (χ2v) is 8.46. The molecule has 0 radical (unpaired) electrons. The van der Waals surface area contributed by atoms with Crippen LogP contribution in [-0.2, 0) is 35.8 Å². The number of nitrogens with zero attached hydrogens (tertiary/aromatic N) is 6. The molecule has 0 aliphatic carbocycles. The van der Waals surface area contributed by atoms with Gasteiger partial charge >= 0.3 is 24.3 Å². The summed E-state index contributed by atoms with van der Waals surface area (Å²) in [6.45, 7) is 10.0. The van der Waals surface area contributed by atoms with Gasteiger partial charge in [-0.25, -0.2) is 9.59 Å². The second-order valence-electron chi connectivity index (χ2n) is 8.46. The van der Waals surface area contributed by atoms with Gasteiger partial charge in [-0.15, -0.1) is 5.10 Å². The number of alkyl halides is 6. The Hall–Kier alpha value is -3.21. The second kappa shape index (κ2) is 14.7. The van der Waals surface area contributed by atoms with Crippen LogP contribution in [0.25, 0.3) is 0 Å². The fourth-order valence-electron chi connectivity index (χ4n) is 3.55. The predicted molar refractivity (Wildman–Crippen MR) is 121 cm³/mol. The number of carboxylic acids is 2. The van der Waals surface area contributed by atoms with E-state index in [-0.39, 0.29) is 0 Å². The lowest BCUT2D eigenvalue weighted by molar-refractivity contribution is -0.193. The van der Waals surface area contributed by atoms with Gasteiger partial charge in [-0.1, -0.05) is 12.1 Å². The molecule has 1 aliphatic rings. The maximum Gasteiger partial charge on any atom is 0.490 e. The van der Waals surface area contributed by atoms with Crippen molar-refractivity contribution in [2.45, 2.75) is 71.6 Å². The van der Waals surface area contributed by atoms with Crippen molar-refractivity contribution in [3.63, 3.8) is 0 Å². The van der Waals surface area contributed by atoms with Gasteiger partial charge in [0.05, 0.1) is 11.9 Å². The van der Waals surface area contributed by atoms with Crippen molar-refractivity contribution < 1.29 is 46.1 Å². The quantitative estimate of drug-likeness (QED) is 0.435. The first-order chi connectivity index (χ1) is 17.6. The maximum atomic E-state index is 10.6. The standard InChI is InChI=1S/C17H29N7.2C2HF3O2/c1-3-6-24-14(2)16(9-19-24)12-22-7-4-5-15(10-22)11-23-13-17(8-18)20-21-23;2*3-2(4,5)1(6)7/h9,13,15H,3-8,10-12,18H2,1-2H3;2*(H,6,7). The van der Waals surface area contributed by atoms with Crippen molar-refractivity contribution in [2.75, 3.05) is 13.1 Å². The number of carbonyl (C=O) groups is 2. The number of hydrogen-bond acceptors (Lipinski definition) is 7. The van der Waals surface area contributed by atoms with Crippen LogP contribution in [0.2, 0.25) is 0 Å². The lowest BCUT2D eigenvalue weighted by atomic mass is 9.97. The predicted octanol–water partition coefficient (Wildman–Crippen LogP) is 2.83. The average molecular weight is 560 g/mol. The topological polar surface area (TPSA) is 152 Å². The van der Waals surface area contributed by atoms with Gasteiger partial charge in [0.1, 0.15) is 0 Å². The zero-order valence-corrected chi connectivity index (χ0v) is 20.8. The molecule has 11 nitrogen and oxygen atoms in total. The Bertz CT molecular complexity index is 999. The van der Waals surface area contributed by atoms with Gasteiger partial charge in [-0.05, 0) is 38.6 Å². The minimum atomic E-state index is -5.08. The molecule has 0 spiro atoms. The molecule has 2 aromatic rings. The highest BCUT2D eigenvalue weighted by Gasteiger charge is 2.38. The molecule has 3 heterocycles. The largest absolute Gasteiger partial charge is 0.490 e. The van der Waals surface area contributed by atoms with Gasteiger partial charge < -0.3 is 15.9 Å². The zero-order valence-electron chi connectivity index (χ0n) is 20.8. The third kappa shape index (κ3) is 11.5. The number of piperidine rings is 1. The van der Waals surface area contributed by atoms with Crippen molar-refractivity contribution in [1.29, 1.82) is 0 Å². The maximum absolute atomic E-state index is 10.6. The molecule has 1 saturated heterocycles. The SMILES string of the molecule is CCCn1ncc(CN2CCCC(Cn3cc(CN)nn3)C2)c1C.O=C(O)C(F)(F)F.O=C(O)C(F)(F)F. The summed E-state index contributed by atoms with van der Waals surface area (Å²) in [7, 11) is 0. The van der Waals surface area contributed by atoms with Crippen molar-refractivity contribution in [2.24, 2.45) is 11.7 Å². The molecule has 0 saturated carbocycles. The summed E-state index contributed by atoms with van der Waals surface area (Å²) >= 11 is 0. The summed E-state index contributed by atoms with van der Waals surface area (Å²) in [6.07, 6.45) is -2.54. The molecule has 1 atom stereocenters. The molecule has 17 heteroatoms. The van der Waals surface area contributed by atoms with Crippen LogP contribution in [0.1, 0.15) is 43.1 Å². The Morgan fingerprint density at radius 3 is 2.18 bits per heavy atom. The fourth-order valence-corrected chi connectivity index (χ4v) is 3.55. The zero-order chi connectivity index (χ0) is 29.1. The summed E-state index contributed by atoms with van der Waals surface area (Å²) in [6, 6.07) is 0. The fraction of sp³-hybridized carbons (Fsp3) is 0.667. The number of halogens is 6. The number of aromatic nitrogens is 5. The van der Waals surface area contributed by atoms with Crippen LogP contribution in [-0.4, -0.2) is 77.3 Å². The minimum Gasteiger partial charge on any atom is -0.475 e. The molecule has 216 valence electrons. The first-order valence-electron chi connectivity index (χ1n) is 11.5. The smallest absolute Gasteiger partial charge is 0.475 e. The van der Waals surface area contributed by atoms with E-state index in [0.717, 1.165) is 38.3 Å². The highest BCUT2D eigenvalue weighted by atomic mass is 19.4. The van der Waals surface area contributed by atoms with E-state index >= 15 is 0 Å². The molecule has 0 bridgehead atoms. The summed E-state index contributed by atoms with van der Waals surface area (Å²) in [4.78, 5) is 20.3. The molecule has 4 N–H and O–H groups in total. The van der Waals surface area contributed by atoms with Gasteiger partial charge in [-0.3, -0.25) is 14.3 Å². The molecule has 38 heavy (non-hydrogen) atoms. The number of aryl methyl sites for hydroxylation is 1. The highest BCUT2D eigenvalue weighted by Crippen LogP contribution is 2.21. The molecule has 0 amide bonds. The number of nitrogens with two attached hydrogens (primary N) is 1. The number of likely N-dealkylation sites (tertiary alicyclic amines) is 1. The van der Waals surface area contributed by atoms with Gasteiger partial charge in [-0.2, -0.15) is 31.4 Å². The summed E-state index contributed by atoms with van der Waals surface area (Å²) in [5.74, 6) is -4.89. The van der Waals surface area contributed by atoms with E-state index in [1.165, 1.54) is 30.6 Å². The van der Waals surface area contributed by atoms with E-state index in [2.05, 4.69) is 38.8 Å². The summed E-state index contributed by atoms with van der Waals surface area (Å²) in [5, 5.41) is 27.0. The van der Waals surface area contributed by atoms with Crippen LogP contribution in [0, 0.1) is 12.8 Å². The molecular formula is C21H31F6N7O4. The lowest BCUT2D eigenvalue weighted by Crippen LogP contribution is -2.36. The highest BCUT2D eigenvalue weighted by molar-refractivity contribution is 5.73. The van der Waals surface area contributed by atoms with E-state index in [9.17, 15) is 26.3 Å². The first kappa shape index (κ1) is 32.8. The van der Waals surface area contributed by atoms with E-state index in [4.69, 9.17) is 25.5 Å². The molecular weight excluding hydrogens is 528 g/mol. The van der Waals surface area contributed by atoms with Gasteiger partial charge in [0, 0.05) is 50.2 Å². The number of hydrogen-bond donors (Lipinski definition) is 3. The van der Waals surface area contributed by atoms with Crippen LogP contribution in [0.4, 0.5) is 26.3 Å². The van der Waals surface area contributed by atoms with Crippen molar-refractivity contribution in [3.8, 4) is 0 Å². The van der Waals surface area contributed by atoms with Crippen molar-refractivity contribution >= 4 is 11.9 Å². The molecule has 1 fully saturated rings. The Morgan fingerprint density at radius 1 is 1.13 bits per heavy atom. The van der Waals surface area contributed by atoms with Gasteiger partial charge in [0.15, 0.2) is 0 Å². The number of carboxylic acid groups (broad SMARTS) is 2. The summed E-state index contributed by atoms with van der Waals surface area (Å²) in [5.41, 5.74) is 9.14. The third-order valence-electron chi connectivity index (χ3n) is 5.36. The van der Waals surface area contributed by atoms with Crippen molar-refractivity contribution in [1.82, 2.24) is 29.7 Å². The van der Waals surface area contributed by atoms with E-state index in [1.54, 1.807) is 0 Å². The van der Waals surface area contributed by atoms with Gasteiger partial charge in [0.2, 0.25) is 0 Å². The van der Waals surface area contributed by atoms with E-state index in [0.29, 0.717) is 12.5 Å². The molecule has 0 aromatic carbocycles. The van der Waals surface area contributed by atoms with Crippen LogP contribution >= 0.6 is 0 Å². The number of aliphatic carboxylic acids is 2. The monoisotopic (exact) mass is 559 g/mol. The lowest BCUT2D eigenvalue weighted by Gasteiger charge is -2.32. The Kier molecular flexibility index (Phi) is 12.7. The van der Waals surface area contributed by atoms with Crippen LogP contribution in [0.3, 0.4) is 0 Å². The first-order valence-corrected chi connectivity index (χ1v) is 11.5. The summed E-state index contributed by atoms with van der Waals surface area (Å²) < 4.78 is 67.5. The van der Waals surface area contributed by atoms with Gasteiger partial charge in [0.25, 0.3) is 0 Å². The van der Waals surface area contributed by atoms with E-state index < -0.39 is 24.3 Å².